The molecule has 0 amide bonds. The van der Waals surface area contributed by atoms with Crippen LogP contribution in [0.5, 0.6) is 0 Å². The van der Waals surface area contributed by atoms with Gasteiger partial charge < -0.3 is 0 Å². The number of hydrogen-bond donors (Lipinski definition) is 0. The molecule has 0 unspecified atom stereocenters. The van der Waals surface area contributed by atoms with Gasteiger partial charge in [-0.2, -0.15) is 0 Å². The van der Waals surface area contributed by atoms with E-state index in [1.54, 1.807) is 30.3 Å². The van der Waals surface area contributed by atoms with Crippen LogP contribution in [-0.4, -0.2) is 40.2 Å². The van der Waals surface area contributed by atoms with E-state index in [1.807, 2.05) is 0 Å². The first-order valence-corrected chi connectivity index (χ1v) is 10.1. The second-order valence-corrected chi connectivity index (χ2v) is 9.50. The second kappa shape index (κ2) is 6.77. The summed E-state index contributed by atoms with van der Waals surface area (Å²) in [6, 6.07) is 11.1. The van der Waals surface area contributed by atoms with E-state index in [0.717, 1.165) is 4.31 Å². The van der Waals surface area contributed by atoms with Gasteiger partial charge >= 0.3 is 0 Å². The predicted molar refractivity (Wildman–Crippen MR) is 87.9 cm³/mol. The number of sulfone groups is 1. The lowest BCUT2D eigenvalue weighted by Crippen LogP contribution is -2.22. The standard InChI is InChI=1S/C15H18N2O4S2/c1-17(2)23(20,21)15-8-5-6-13(10-15)11-22(18,19)12-14-7-3-4-9-16-14/h3-10H,11-12H2,1-2H3. The van der Waals surface area contributed by atoms with Crippen LogP contribution in [0.15, 0.2) is 53.6 Å². The van der Waals surface area contributed by atoms with Gasteiger partial charge in [-0.3, -0.25) is 4.98 Å². The monoisotopic (exact) mass is 354 g/mol. The van der Waals surface area contributed by atoms with Crippen LogP contribution in [0.2, 0.25) is 0 Å². The molecule has 1 aromatic carbocycles. The molecule has 0 N–H and O–H groups in total. The van der Waals surface area contributed by atoms with Gasteiger partial charge in [0.25, 0.3) is 0 Å². The molecule has 0 aliphatic carbocycles. The topological polar surface area (TPSA) is 84.4 Å². The van der Waals surface area contributed by atoms with Crippen LogP contribution < -0.4 is 0 Å². The molecule has 0 saturated heterocycles. The minimum absolute atomic E-state index is 0.0769. The van der Waals surface area contributed by atoms with E-state index in [0.29, 0.717) is 11.3 Å². The van der Waals surface area contributed by atoms with Crippen molar-refractivity contribution >= 4 is 19.9 Å². The Labute approximate surface area is 136 Å². The van der Waals surface area contributed by atoms with E-state index in [1.165, 1.54) is 32.4 Å². The highest BCUT2D eigenvalue weighted by molar-refractivity contribution is 7.90. The summed E-state index contributed by atoms with van der Waals surface area (Å²) in [5, 5.41) is 0. The van der Waals surface area contributed by atoms with Gasteiger partial charge in [0, 0.05) is 20.3 Å². The number of hydrogen-bond acceptors (Lipinski definition) is 5. The van der Waals surface area contributed by atoms with E-state index in [4.69, 9.17) is 0 Å². The van der Waals surface area contributed by atoms with Crippen LogP contribution in [0.1, 0.15) is 11.3 Å². The summed E-state index contributed by atoms with van der Waals surface area (Å²) >= 11 is 0. The average molecular weight is 354 g/mol. The molecule has 0 fully saturated rings. The van der Waals surface area contributed by atoms with Gasteiger partial charge in [0.15, 0.2) is 9.84 Å². The number of benzene rings is 1. The summed E-state index contributed by atoms with van der Waals surface area (Å²) in [7, 11) is -4.17. The first-order chi connectivity index (χ1) is 10.7. The van der Waals surface area contributed by atoms with Crippen molar-refractivity contribution in [2.45, 2.75) is 16.4 Å². The van der Waals surface area contributed by atoms with E-state index in [2.05, 4.69) is 4.98 Å². The van der Waals surface area contributed by atoms with Gasteiger partial charge in [-0.1, -0.05) is 18.2 Å². The summed E-state index contributed by atoms with van der Waals surface area (Å²) in [6.45, 7) is 0. The Bertz CT molecular complexity index is 877. The molecule has 0 saturated carbocycles. The van der Waals surface area contributed by atoms with E-state index < -0.39 is 19.9 Å². The molecule has 0 bridgehead atoms. The smallest absolute Gasteiger partial charge is 0.242 e. The predicted octanol–water partition coefficient (Wildman–Crippen LogP) is 1.45. The molecule has 2 rings (SSSR count). The highest BCUT2D eigenvalue weighted by atomic mass is 32.2. The lowest BCUT2D eigenvalue weighted by atomic mass is 10.2. The highest BCUT2D eigenvalue weighted by Crippen LogP contribution is 2.17. The SMILES string of the molecule is CN(C)S(=O)(=O)c1cccc(CS(=O)(=O)Cc2ccccn2)c1. The van der Waals surface area contributed by atoms with Crippen LogP contribution in [0, 0.1) is 0 Å². The van der Waals surface area contributed by atoms with Gasteiger partial charge in [-0.05, 0) is 29.8 Å². The highest BCUT2D eigenvalue weighted by Gasteiger charge is 2.19. The van der Waals surface area contributed by atoms with E-state index in [9.17, 15) is 16.8 Å². The maximum absolute atomic E-state index is 12.3. The van der Waals surface area contributed by atoms with Crippen molar-refractivity contribution in [1.82, 2.24) is 9.29 Å². The normalized spacial score (nSPS) is 12.5. The summed E-state index contributed by atoms with van der Waals surface area (Å²) in [4.78, 5) is 4.08. The third-order valence-corrected chi connectivity index (χ3v) is 6.48. The first kappa shape index (κ1) is 17.6. The Morgan fingerprint density at radius 3 is 2.30 bits per heavy atom. The van der Waals surface area contributed by atoms with Crippen LogP contribution >= 0.6 is 0 Å². The Balaban J connectivity index is 2.24. The molecule has 124 valence electrons. The lowest BCUT2D eigenvalue weighted by Gasteiger charge is -2.12. The molecular weight excluding hydrogens is 336 g/mol. The minimum atomic E-state index is -3.59. The minimum Gasteiger partial charge on any atom is -0.260 e. The van der Waals surface area contributed by atoms with Crippen LogP contribution in [0.3, 0.4) is 0 Å². The third kappa shape index (κ3) is 4.60. The van der Waals surface area contributed by atoms with Gasteiger partial charge in [-0.15, -0.1) is 0 Å². The van der Waals surface area contributed by atoms with Crippen LogP contribution in [0.4, 0.5) is 0 Å². The Morgan fingerprint density at radius 2 is 1.70 bits per heavy atom. The zero-order chi connectivity index (χ0) is 17.1. The van der Waals surface area contributed by atoms with Crippen molar-refractivity contribution in [3.63, 3.8) is 0 Å². The van der Waals surface area contributed by atoms with Gasteiger partial charge in [0.1, 0.15) is 0 Å². The van der Waals surface area contributed by atoms with Crippen LogP contribution in [0.25, 0.3) is 0 Å². The van der Waals surface area contributed by atoms with Crippen molar-refractivity contribution in [2.75, 3.05) is 14.1 Å². The summed E-state index contributed by atoms with van der Waals surface area (Å²) in [5.41, 5.74) is 0.897. The summed E-state index contributed by atoms with van der Waals surface area (Å²) in [5.74, 6) is -0.418. The Kier molecular flexibility index (Phi) is 5.18. The van der Waals surface area contributed by atoms with Crippen molar-refractivity contribution in [3.8, 4) is 0 Å². The zero-order valence-corrected chi connectivity index (χ0v) is 14.5. The molecular formula is C15H18N2O4S2. The van der Waals surface area contributed by atoms with Gasteiger partial charge in [0.2, 0.25) is 10.0 Å². The molecule has 6 nitrogen and oxygen atoms in total. The maximum atomic E-state index is 12.3. The Hall–Kier alpha value is -1.77. The number of pyridine rings is 1. The molecule has 23 heavy (non-hydrogen) atoms. The molecule has 0 radical (unpaired) electrons. The summed E-state index contributed by atoms with van der Waals surface area (Å²) < 4.78 is 49.8. The van der Waals surface area contributed by atoms with E-state index >= 15 is 0 Å². The average Bonchev–Trinajstić information content (AvgIpc) is 2.47. The molecule has 1 aromatic heterocycles. The van der Waals surface area contributed by atoms with E-state index in [-0.39, 0.29) is 16.4 Å². The summed E-state index contributed by atoms with van der Waals surface area (Å²) in [6.07, 6.45) is 1.54. The van der Waals surface area contributed by atoms with Crippen molar-refractivity contribution in [1.29, 1.82) is 0 Å². The van der Waals surface area contributed by atoms with Crippen LogP contribution in [-0.2, 0) is 31.4 Å². The number of aromatic nitrogens is 1. The molecule has 8 heteroatoms. The first-order valence-electron chi connectivity index (χ1n) is 6.82. The Morgan fingerprint density at radius 1 is 0.957 bits per heavy atom. The largest absolute Gasteiger partial charge is 0.260 e. The number of sulfonamides is 1. The molecule has 2 aromatic rings. The fraction of sp³-hybridized carbons (Fsp3) is 0.267. The maximum Gasteiger partial charge on any atom is 0.242 e. The zero-order valence-electron chi connectivity index (χ0n) is 12.9. The molecule has 1 heterocycles. The van der Waals surface area contributed by atoms with Gasteiger partial charge in [0.05, 0.1) is 22.1 Å². The van der Waals surface area contributed by atoms with Crippen molar-refractivity contribution in [3.05, 3.63) is 59.9 Å². The van der Waals surface area contributed by atoms with Crippen molar-refractivity contribution < 1.29 is 16.8 Å². The van der Waals surface area contributed by atoms with Crippen molar-refractivity contribution in [2.24, 2.45) is 0 Å². The fourth-order valence-corrected chi connectivity index (χ4v) is 4.40. The second-order valence-electron chi connectivity index (χ2n) is 5.29. The molecule has 0 aliphatic rings. The molecule has 0 aliphatic heterocycles. The number of rotatable bonds is 6. The lowest BCUT2D eigenvalue weighted by molar-refractivity contribution is 0.520. The van der Waals surface area contributed by atoms with Gasteiger partial charge in [-0.25, -0.2) is 21.1 Å². The molecule has 0 atom stereocenters. The number of nitrogens with zero attached hydrogens (tertiary/aromatic N) is 2. The third-order valence-electron chi connectivity index (χ3n) is 3.16. The molecule has 0 spiro atoms. The quantitative estimate of drug-likeness (QED) is 0.784. The fourth-order valence-electron chi connectivity index (χ4n) is 2.02.